The number of guanidine groups is 1. The van der Waals surface area contributed by atoms with Crippen molar-refractivity contribution in [3.63, 3.8) is 0 Å². The normalized spacial score (nSPS) is 13.5. The number of aryl methyl sites for hydroxylation is 1. The summed E-state index contributed by atoms with van der Waals surface area (Å²) in [5.41, 5.74) is 2.54. The molecule has 2 aromatic rings. The van der Waals surface area contributed by atoms with Gasteiger partial charge in [0.05, 0.1) is 12.2 Å². The molecule has 0 bridgehead atoms. The van der Waals surface area contributed by atoms with Crippen LogP contribution >= 0.6 is 0 Å². The number of oxazole rings is 1. The summed E-state index contributed by atoms with van der Waals surface area (Å²) in [5, 5.41) is 6.73. The molecule has 0 aliphatic carbocycles. The molecule has 0 saturated carbocycles. The van der Waals surface area contributed by atoms with Gasteiger partial charge in [0.1, 0.15) is 12.3 Å². The molecule has 1 aromatic carbocycles. The molecule has 1 aromatic heterocycles. The van der Waals surface area contributed by atoms with Gasteiger partial charge in [-0.15, -0.1) is 0 Å². The first-order valence-corrected chi connectivity index (χ1v) is 9.42. The fourth-order valence-electron chi connectivity index (χ4n) is 2.53. The van der Waals surface area contributed by atoms with E-state index >= 15 is 0 Å². The van der Waals surface area contributed by atoms with Crippen LogP contribution in [-0.4, -0.2) is 17.5 Å². The smallest absolute Gasteiger partial charge is 0.216 e. The predicted molar refractivity (Wildman–Crippen MR) is 107 cm³/mol. The molecule has 0 aliphatic rings. The summed E-state index contributed by atoms with van der Waals surface area (Å²) in [6.45, 7) is 13.9. The molecule has 0 spiro atoms. The van der Waals surface area contributed by atoms with Crippen molar-refractivity contribution < 1.29 is 4.42 Å². The van der Waals surface area contributed by atoms with Gasteiger partial charge in [-0.3, -0.25) is 0 Å². The molecule has 5 heteroatoms. The van der Waals surface area contributed by atoms with Crippen molar-refractivity contribution in [3.8, 4) is 0 Å². The maximum absolute atomic E-state index is 5.82. The lowest BCUT2D eigenvalue weighted by Crippen LogP contribution is -2.38. The van der Waals surface area contributed by atoms with Gasteiger partial charge in [0, 0.05) is 12.0 Å². The average molecular weight is 357 g/mol. The first-order chi connectivity index (χ1) is 12.3. The molecule has 2 rings (SSSR count). The summed E-state index contributed by atoms with van der Waals surface area (Å²) in [7, 11) is 0. The molecule has 26 heavy (non-hydrogen) atoms. The fourth-order valence-corrected chi connectivity index (χ4v) is 2.53. The van der Waals surface area contributed by atoms with Gasteiger partial charge < -0.3 is 15.1 Å². The monoisotopic (exact) mass is 356 g/mol. The lowest BCUT2D eigenvalue weighted by Gasteiger charge is -2.18. The Balaban J connectivity index is 2.04. The number of rotatable bonds is 6. The van der Waals surface area contributed by atoms with Gasteiger partial charge in [-0.05, 0) is 31.4 Å². The molecule has 0 fully saturated rings. The molecule has 2 N–H and O–H groups in total. The van der Waals surface area contributed by atoms with E-state index in [-0.39, 0.29) is 11.5 Å². The summed E-state index contributed by atoms with van der Waals surface area (Å²) in [4.78, 5) is 8.96. The van der Waals surface area contributed by atoms with Crippen LogP contribution in [0.15, 0.2) is 39.9 Å². The summed E-state index contributed by atoms with van der Waals surface area (Å²) in [6.07, 6.45) is 2.85. The highest BCUT2D eigenvalue weighted by atomic mass is 16.4. The van der Waals surface area contributed by atoms with Crippen molar-refractivity contribution in [2.75, 3.05) is 6.54 Å². The van der Waals surface area contributed by atoms with E-state index < -0.39 is 0 Å². The van der Waals surface area contributed by atoms with Crippen molar-refractivity contribution in [1.29, 1.82) is 0 Å². The summed E-state index contributed by atoms with van der Waals surface area (Å²) in [6, 6.07) is 8.86. The third-order valence-electron chi connectivity index (χ3n) is 4.25. The van der Waals surface area contributed by atoms with Gasteiger partial charge in [0.2, 0.25) is 5.89 Å². The number of hydrogen-bond acceptors (Lipinski definition) is 3. The molecule has 0 amide bonds. The Hall–Kier alpha value is -2.30. The van der Waals surface area contributed by atoms with E-state index in [0.29, 0.717) is 12.4 Å². The molecular weight excluding hydrogens is 324 g/mol. The molecule has 1 heterocycles. The Labute approximate surface area is 157 Å². The first kappa shape index (κ1) is 20.0. The number of aliphatic imine (C=N–C) groups is 1. The topological polar surface area (TPSA) is 62.5 Å². The summed E-state index contributed by atoms with van der Waals surface area (Å²) in [5.74, 6) is 2.27. The van der Waals surface area contributed by atoms with E-state index in [2.05, 4.69) is 86.4 Å². The SMILES string of the molecule is CCNC(=NCc1ncc(C(C)(C)C)o1)NC(C)c1ccc(CC)cc1. The Kier molecular flexibility index (Phi) is 6.83. The summed E-state index contributed by atoms with van der Waals surface area (Å²) >= 11 is 0. The first-order valence-electron chi connectivity index (χ1n) is 9.42. The van der Waals surface area contributed by atoms with Crippen molar-refractivity contribution in [2.45, 2.75) is 66.0 Å². The average Bonchev–Trinajstić information content (AvgIpc) is 3.09. The Bertz CT molecular complexity index is 710. The maximum atomic E-state index is 5.82. The van der Waals surface area contributed by atoms with Crippen LogP contribution in [-0.2, 0) is 18.4 Å². The molecule has 142 valence electrons. The minimum absolute atomic E-state index is 0.0448. The van der Waals surface area contributed by atoms with Crippen LogP contribution in [0.2, 0.25) is 0 Å². The maximum Gasteiger partial charge on any atom is 0.216 e. The highest BCUT2D eigenvalue weighted by Crippen LogP contribution is 2.22. The van der Waals surface area contributed by atoms with Crippen molar-refractivity contribution in [2.24, 2.45) is 4.99 Å². The number of benzene rings is 1. The predicted octanol–water partition coefficient (Wildman–Crippen LogP) is 4.35. The number of aromatic nitrogens is 1. The molecule has 0 radical (unpaired) electrons. The van der Waals surface area contributed by atoms with Crippen LogP contribution in [0.5, 0.6) is 0 Å². The van der Waals surface area contributed by atoms with Crippen LogP contribution in [0, 0.1) is 0 Å². The Morgan fingerprint density at radius 1 is 1.19 bits per heavy atom. The zero-order valence-electron chi connectivity index (χ0n) is 16.9. The van der Waals surface area contributed by atoms with E-state index in [0.717, 1.165) is 24.7 Å². The third kappa shape index (κ3) is 5.61. The van der Waals surface area contributed by atoms with Crippen molar-refractivity contribution in [1.82, 2.24) is 15.6 Å². The number of nitrogens with zero attached hydrogens (tertiary/aromatic N) is 2. The highest BCUT2D eigenvalue weighted by molar-refractivity contribution is 5.80. The fraction of sp³-hybridized carbons (Fsp3) is 0.524. The minimum Gasteiger partial charge on any atom is -0.443 e. The largest absolute Gasteiger partial charge is 0.443 e. The van der Waals surface area contributed by atoms with Crippen molar-refractivity contribution >= 4 is 5.96 Å². The second kappa shape index (κ2) is 8.88. The van der Waals surface area contributed by atoms with Crippen LogP contribution in [0.25, 0.3) is 0 Å². The van der Waals surface area contributed by atoms with Gasteiger partial charge >= 0.3 is 0 Å². The lowest BCUT2D eigenvalue weighted by molar-refractivity contribution is 0.383. The quantitative estimate of drug-likeness (QED) is 0.597. The lowest BCUT2D eigenvalue weighted by atomic mass is 9.94. The van der Waals surface area contributed by atoms with Crippen LogP contribution in [0.3, 0.4) is 0 Å². The van der Waals surface area contributed by atoms with Crippen molar-refractivity contribution in [3.05, 3.63) is 53.2 Å². The van der Waals surface area contributed by atoms with E-state index in [1.54, 1.807) is 6.20 Å². The van der Waals surface area contributed by atoms with Crippen LogP contribution in [0.1, 0.15) is 70.4 Å². The molecule has 1 atom stereocenters. The molecule has 0 saturated heterocycles. The van der Waals surface area contributed by atoms with Gasteiger partial charge in [-0.25, -0.2) is 9.98 Å². The zero-order chi connectivity index (χ0) is 19.2. The van der Waals surface area contributed by atoms with E-state index in [1.165, 1.54) is 11.1 Å². The van der Waals surface area contributed by atoms with Crippen LogP contribution in [0.4, 0.5) is 0 Å². The molecule has 5 nitrogen and oxygen atoms in total. The third-order valence-corrected chi connectivity index (χ3v) is 4.25. The van der Waals surface area contributed by atoms with E-state index in [1.807, 2.05) is 0 Å². The standard InChI is InChI=1S/C21H32N4O/c1-7-16-9-11-17(12-10-16)15(3)25-20(22-8-2)24-14-19-23-13-18(26-19)21(4,5)6/h9-13,15H,7-8,14H2,1-6H3,(H2,22,24,25). The Morgan fingerprint density at radius 2 is 1.88 bits per heavy atom. The van der Waals surface area contributed by atoms with E-state index in [4.69, 9.17) is 4.42 Å². The van der Waals surface area contributed by atoms with Crippen LogP contribution < -0.4 is 10.6 Å². The molecular formula is C21H32N4O. The van der Waals surface area contributed by atoms with Gasteiger partial charge in [0.25, 0.3) is 0 Å². The van der Waals surface area contributed by atoms with Gasteiger partial charge in [-0.1, -0.05) is 52.0 Å². The molecule has 0 aliphatic heterocycles. The Morgan fingerprint density at radius 3 is 2.42 bits per heavy atom. The second-order valence-electron chi connectivity index (χ2n) is 7.52. The van der Waals surface area contributed by atoms with E-state index in [9.17, 15) is 0 Å². The van der Waals surface area contributed by atoms with Gasteiger partial charge in [-0.2, -0.15) is 0 Å². The second-order valence-corrected chi connectivity index (χ2v) is 7.52. The zero-order valence-corrected chi connectivity index (χ0v) is 16.9. The highest BCUT2D eigenvalue weighted by Gasteiger charge is 2.19. The van der Waals surface area contributed by atoms with Gasteiger partial charge in [0.15, 0.2) is 5.96 Å². The summed E-state index contributed by atoms with van der Waals surface area (Å²) < 4.78 is 5.82. The minimum atomic E-state index is -0.0448. The number of nitrogens with one attached hydrogen (secondary N) is 2. The number of hydrogen-bond donors (Lipinski definition) is 2. The molecule has 1 unspecified atom stereocenters.